The summed E-state index contributed by atoms with van der Waals surface area (Å²) < 4.78 is 0. The number of carbonyl (C=O) groups is 2. The van der Waals surface area contributed by atoms with E-state index in [2.05, 4.69) is 12.2 Å². The average molecular weight is 296 g/mol. The number of nitrogens with zero attached hydrogens (tertiary/aromatic N) is 1. The molecule has 1 saturated heterocycles. The second kappa shape index (κ2) is 7.28. The molecule has 0 aromatic heterocycles. The Morgan fingerprint density at radius 1 is 0.952 bits per heavy atom. The van der Waals surface area contributed by atoms with Crippen LogP contribution < -0.4 is 5.32 Å². The third kappa shape index (κ3) is 3.24. The highest BCUT2D eigenvalue weighted by Crippen LogP contribution is 2.33. The maximum atomic E-state index is 12.9. The summed E-state index contributed by atoms with van der Waals surface area (Å²) in [4.78, 5) is 27.5. The monoisotopic (exact) mass is 296 g/mol. The fourth-order valence-electron chi connectivity index (χ4n) is 3.24. The van der Waals surface area contributed by atoms with E-state index in [1.807, 2.05) is 32.6 Å². The molecule has 1 aliphatic rings. The van der Waals surface area contributed by atoms with Crippen molar-refractivity contribution in [2.75, 3.05) is 6.54 Å². The van der Waals surface area contributed by atoms with Crippen LogP contribution in [0.15, 0.2) is 0 Å². The number of nitrogens with one attached hydrogen (secondary N) is 1. The molecule has 0 bridgehead atoms. The maximum Gasteiger partial charge on any atom is 0.248 e. The van der Waals surface area contributed by atoms with Crippen molar-refractivity contribution in [3.63, 3.8) is 0 Å². The number of hydrogen-bond donors (Lipinski definition) is 1. The standard InChI is InChI=1S/C17H32N2O2/c1-6-10-11-12-13-19-15(21)16(5,7-2)18-14(20)17(19,8-3)9-4/h6-13H2,1-5H3,(H,18,20). The lowest BCUT2D eigenvalue weighted by Crippen LogP contribution is -2.74. The fraction of sp³-hybridized carbons (Fsp3) is 0.882. The van der Waals surface area contributed by atoms with E-state index in [1.165, 1.54) is 12.8 Å². The van der Waals surface area contributed by atoms with Crippen molar-refractivity contribution in [2.24, 2.45) is 0 Å². The highest BCUT2D eigenvalue weighted by atomic mass is 16.2. The number of unbranched alkanes of at least 4 members (excludes halogenated alkanes) is 3. The molecule has 1 fully saturated rings. The van der Waals surface area contributed by atoms with Crippen molar-refractivity contribution >= 4 is 11.8 Å². The summed E-state index contributed by atoms with van der Waals surface area (Å²) in [7, 11) is 0. The highest BCUT2D eigenvalue weighted by molar-refractivity contribution is 6.02. The molecular weight excluding hydrogens is 264 g/mol. The summed E-state index contributed by atoms with van der Waals surface area (Å²) in [5, 5.41) is 2.99. The van der Waals surface area contributed by atoms with Gasteiger partial charge in [0.1, 0.15) is 11.1 Å². The predicted molar refractivity (Wildman–Crippen MR) is 86.0 cm³/mol. The molecule has 0 radical (unpaired) electrons. The molecule has 1 heterocycles. The molecule has 1 N–H and O–H groups in total. The van der Waals surface area contributed by atoms with Gasteiger partial charge < -0.3 is 10.2 Å². The van der Waals surface area contributed by atoms with Gasteiger partial charge in [0.15, 0.2) is 0 Å². The molecule has 1 atom stereocenters. The Hall–Kier alpha value is -1.06. The SMILES string of the molecule is CCCCCCN1C(=O)C(C)(CC)NC(=O)C1(CC)CC. The smallest absolute Gasteiger partial charge is 0.248 e. The maximum absolute atomic E-state index is 12.9. The highest BCUT2D eigenvalue weighted by Gasteiger charge is 2.54. The zero-order valence-electron chi connectivity index (χ0n) is 14.4. The van der Waals surface area contributed by atoms with Crippen molar-refractivity contribution in [1.29, 1.82) is 0 Å². The number of carbonyl (C=O) groups excluding carboxylic acids is 2. The van der Waals surface area contributed by atoms with E-state index in [-0.39, 0.29) is 11.8 Å². The molecule has 0 aromatic rings. The lowest BCUT2D eigenvalue weighted by Gasteiger charge is -2.51. The van der Waals surface area contributed by atoms with Gasteiger partial charge in [-0.25, -0.2) is 0 Å². The second-order valence-corrected chi connectivity index (χ2v) is 6.40. The van der Waals surface area contributed by atoms with Gasteiger partial charge in [0, 0.05) is 6.54 Å². The first-order valence-electron chi connectivity index (χ1n) is 8.56. The fourth-order valence-corrected chi connectivity index (χ4v) is 3.24. The topological polar surface area (TPSA) is 49.4 Å². The number of piperazine rings is 1. The summed E-state index contributed by atoms with van der Waals surface area (Å²) in [6, 6.07) is 0. The first-order valence-corrected chi connectivity index (χ1v) is 8.56. The minimum absolute atomic E-state index is 0.0203. The van der Waals surface area contributed by atoms with Gasteiger partial charge in [-0.3, -0.25) is 9.59 Å². The molecule has 1 unspecified atom stereocenters. The van der Waals surface area contributed by atoms with Crippen LogP contribution in [0.3, 0.4) is 0 Å². The van der Waals surface area contributed by atoms with E-state index in [0.717, 1.165) is 12.8 Å². The quantitative estimate of drug-likeness (QED) is 0.699. The van der Waals surface area contributed by atoms with Crippen molar-refractivity contribution in [1.82, 2.24) is 10.2 Å². The molecule has 122 valence electrons. The van der Waals surface area contributed by atoms with Crippen LogP contribution in [-0.2, 0) is 9.59 Å². The minimum atomic E-state index is -0.740. The van der Waals surface area contributed by atoms with Gasteiger partial charge in [0.05, 0.1) is 0 Å². The third-order valence-electron chi connectivity index (χ3n) is 5.16. The van der Waals surface area contributed by atoms with Gasteiger partial charge in [0.25, 0.3) is 0 Å². The molecule has 0 aromatic carbocycles. The Kier molecular flexibility index (Phi) is 6.24. The molecule has 1 aliphatic heterocycles. The molecule has 1 rings (SSSR count). The number of hydrogen-bond acceptors (Lipinski definition) is 2. The molecule has 4 heteroatoms. The van der Waals surface area contributed by atoms with Gasteiger partial charge in [-0.2, -0.15) is 0 Å². The second-order valence-electron chi connectivity index (χ2n) is 6.40. The summed E-state index contributed by atoms with van der Waals surface area (Å²) >= 11 is 0. The van der Waals surface area contributed by atoms with Crippen LogP contribution in [0.5, 0.6) is 0 Å². The Balaban J connectivity index is 3.01. The summed E-state index contributed by atoms with van der Waals surface area (Å²) in [5.41, 5.74) is -1.40. The Morgan fingerprint density at radius 2 is 1.57 bits per heavy atom. The van der Waals surface area contributed by atoms with Crippen molar-refractivity contribution in [3.8, 4) is 0 Å². The van der Waals surface area contributed by atoms with Gasteiger partial charge in [-0.1, -0.05) is 47.0 Å². The van der Waals surface area contributed by atoms with Crippen LogP contribution >= 0.6 is 0 Å². The van der Waals surface area contributed by atoms with E-state index in [9.17, 15) is 9.59 Å². The van der Waals surface area contributed by atoms with Crippen molar-refractivity contribution in [2.45, 2.75) is 90.6 Å². The van der Waals surface area contributed by atoms with E-state index < -0.39 is 11.1 Å². The Labute approximate surface area is 129 Å². The van der Waals surface area contributed by atoms with Crippen LogP contribution in [0, 0.1) is 0 Å². The first kappa shape index (κ1) is 18.0. The van der Waals surface area contributed by atoms with E-state index in [0.29, 0.717) is 25.8 Å². The van der Waals surface area contributed by atoms with Gasteiger partial charge >= 0.3 is 0 Å². The predicted octanol–water partition coefficient (Wildman–Crippen LogP) is 3.25. The molecule has 4 nitrogen and oxygen atoms in total. The number of amides is 2. The van der Waals surface area contributed by atoms with Crippen molar-refractivity contribution in [3.05, 3.63) is 0 Å². The Morgan fingerprint density at radius 3 is 2.05 bits per heavy atom. The van der Waals surface area contributed by atoms with Crippen LogP contribution in [0.4, 0.5) is 0 Å². The largest absolute Gasteiger partial charge is 0.340 e. The lowest BCUT2D eigenvalue weighted by atomic mass is 9.81. The minimum Gasteiger partial charge on any atom is -0.340 e. The van der Waals surface area contributed by atoms with Crippen LogP contribution in [-0.4, -0.2) is 34.3 Å². The van der Waals surface area contributed by atoms with Crippen LogP contribution in [0.1, 0.15) is 79.6 Å². The molecule has 0 saturated carbocycles. The normalized spacial score (nSPS) is 25.1. The van der Waals surface area contributed by atoms with E-state index in [4.69, 9.17) is 0 Å². The van der Waals surface area contributed by atoms with Gasteiger partial charge in [-0.15, -0.1) is 0 Å². The molecule has 0 spiro atoms. The zero-order valence-corrected chi connectivity index (χ0v) is 14.4. The Bertz CT molecular complexity index is 377. The average Bonchev–Trinajstić information content (AvgIpc) is 2.49. The molecule has 0 aliphatic carbocycles. The van der Waals surface area contributed by atoms with Crippen LogP contribution in [0.25, 0.3) is 0 Å². The number of rotatable bonds is 8. The summed E-state index contributed by atoms with van der Waals surface area (Å²) in [6.07, 6.45) is 6.44. The third-order valence-corrected chi connectivity index (χ3v) is 5.16. The molecule has 2 amide bonds. The van der Waals surface area contributed by atoms with E-state index in [1.54, 1.807) is 0 Å². The zero-order chi connectivity index (χ0) is 16.1. The van der Waals surface area contributed by atoms with E-state index >= 15 is 0 Å². The van der Waals surface area contributed by atoms with Crippen LogP contribution in [0.2, 0.25) is 0 Å². The summed E-state index contributed by atoms with van der Waals surface area (Å²) in [5.74, 6) is 0.108. The molecule has 21 heavy (non-hydrogen) atoms. The van der Waals surface area contributed by atoms with Gasteiger partial charge in [-0.05, 0) is 32.6 Å². The van der Waals surface area contributed by atoms with Gasteiger partial charge in [0.2, 0.25) is 11.8 Å². The lowest BCUT2D eigenvalue weighted by molar-refractivity contribution is -0.163. The van der Waals surface area contributed by atoms with Crippen molar-refractivity contribution < 1.29 is 9.59 Å². The molecular formula is C17H32N2O2. The first-order chi connectivity index (χ1) is 9.91. The summed E-state index contributed by atoms with van der Waals surface area (Å²) in [6.45, 7) is 10.7.